The van der Waals surface area contributed by atoms with Crippen molar-refractivity contribution in [2.24, 2.45) is 5.92 Å². The maximum atomic E-state index is 14.7. The molecule has 0 aliphatic heterocycles. The van der Waals surface area contributed by atoms with E-state index >= 15 is 0 Å². The number of halogens is 2. The molecule has 0 amide bonds. The van der Waals surface area contributed by atoms with Crippen molar-refractivity contribution >= 4 is 0 Å². The molecule has 2 aromatic carbocycles. The zero-order valence-corrected chi connectivity index (χ0v) is 19.5. The molecule has 3 heteroatoms. The zero-order chi connectivity index (χ0) is 22.2. The first-order valence-electron chi connectivity index (χ1n) is 12.2. The van der Waals surface area contributed by atoms with Crippen LogP contribution in [0.1, 0.15) is 93.4 Å². The number of ether oxygens (including phenoxy) is 1. The van der Waals surface area contributed by atoms with Crippen LogP contribution in [0.2, 0.25) is 0 Å². The Bertz CT molecular complexity index is 820. The van der Waals surface area contributed by atoms with Gasteiger partial charge in [-0.15, -0.1) is 0 Å². The predicted molar refractivity (Wildman–Crippen MR) is 125 cm³/mol. The Morgan fingerprint density at radius 1 is 0.903 bits per heavy atom. The monoisotopic (exact) mass is 428 g/mol. The Balaban J connectivity index is 1.58. The summed E-state index contributed by atoms with van der Waals surface area (Å²) in [6, 6.07) is 10.5. The Morgan fingerprint density at radius 3 is 2.26 bits per heavy atom. The van der Waals surface area contributed by atoms with Gasteiger partial charge in [-0.05, 0) is 92.0 Å². The molecular weight excluding hydrogens is 390 g/mol. The molecule has 0 atom stereocenters. The van der Waals surface area contributed by atoms with Gasteiger partial charge in [0.25, 0.3) is 0 Å². The Morgan fingerprint density at radius 2 is 1.61 bits per heavy atom. The van der Waals surface area contributed by atoms with Gasteiger partial charge in [0.1, 0.15) is 0 Å². The minimum absolute atomic E-state index is 0.0326. The molecule has 3 rings (SSSR count). The van der Waals surface area contributed by atoms with Crippen LogP contribution in [-0.4, -0.2) is 6.61 Å². The third-order valence-electron chi connectivity index (χ3n) is 6.91. The van der Waals surface area contributed by atoms with E-state index in [9.17, 15) is 8.78 Å². The Hall–Kier alpha value is -1.90. The molecular formula is C28H38F2O. The SMILES string of the molecule is CCCCOc1cc(C)c(CCc2ccc(C3CCC(CCC)CC3)cc2)c(F)c1F. The predicted octanol–water partition coefficient (Wildman–Crippen LogP) is 8.31. The normalized spacial score (nSPS) is 18.9. The van der Waals surface area contributed by atoms with E-state index in [1.165, 1.54) is 49.7 Å². The number of unbranched alkanes of at least 4 members (excludes halogenated alkanes) is 1. The van der Waals surface area contributed by atoms with Gasteiger partial charge in [-0.25, -0.2) is 4.39 Å². The van der Waals surface area contributed by atoms with Crippen molar-refractivity contribution in [1.82, 2.24) is 0 Å². The van der Waals surface area contributed by atoms with Crippen LogP contribution in [-0.2, 0) is 12.8 Å². The summed E-state index contributed by atoms with van der Waals surface area (Å²) in [5, 5.41) is 0. The van der Waals surface area contributed by atoms with Gasteiger partial charge in [0, 0.05) is 0 Å². The first-order valence-corrected chi connectivity index (χ1v) is 12.2. The number of benzene rings is 2. The van der Waals surface area contributed by atoms with Gasteiger partial charge in [-0.1, -0.05) is 57.4 Å². The topological polar surface area (TPSA) is 9.23 Å². The zero-order valence-electron chi connectivity index (χ0n) is 19.5. The summed E-state index contributed by atoms with van der Waals surface area (Å²) in [6.45, 7) is 6.57. The maximum absolute atomic E-state index is 14.7. The van der Waals surface area contributed by atoms with E-state index in [2.05, 4.69) is 31.2 Å². The quantitative estimate of drug-likeness (QED) is 0.346. The fourth-order valence-electron chi connectivity index (χ4n) is 4.92. The molecule has 1 aliphatic carbocycles. The molecule has 1 nitrogen and oxygen atoms in total. The lowest BCUT2D eigenvalue weighted by atomic mass is 9.77. The third kappa shape index (κ3) is 6.30. The molecule has 0 bridgehead atoms. The molecule has 0 aromatic heterocycles. The molecule has 0 unspecified atom stereocenters. The van der Waals surface area contributed by atoms with Gasteiger partial charge in [-0.3, -0.25) is 0 Å². The lowest BCUT2D eigenvalue weighted by Crippen LogP contribution is -2.13. The van der Waals surface area contributed by atoms with E-state index in [1.807, 2.05) is 13.8 Å². The number of rotatable bonds is 10. The first kappa shape index (κ1) is 23.8. The van der Waals surface area contributed by atoms with Gasteiger partial charge >= 0.3 is 0 Å². The highest BCUT2D eigenvalue weighted by Crippen LogP contribution is 2.37. The molecule has 0 radical (unpaired) electrons. The van der Waals surface area contributed by atoms with Crippen molar-refractivity contribution < 1.29 is 13.5 Å². The molecule has 0 N–H and O–H groups in total. The number of aryl methyl sites for hydroxylation is 2. The van der Waals surface area contributed by atoms with Crippen LogP contribution < -0.4 is 4.74 Å². The maximum Gasteiger partial charge on any atom is 0.200 e. The second-order valence-electron chi connectivity index (χ2n) is 9.25. The second kappa shape index (κ2) is 11.6. The highest BCUT2D eigenvalue weighted by molar-refractivity contribution is 5.38. The fourth-order valence-corrected chi connectivity index (χ4v) is 4.92. The van der Waals surface area contributed by atoms with Crippen molar-refractivity contribution in [3.05, 3.63) is 64.2 Å². The molecule has 0 heterocycles. The average molecular weight is 429 g/mol. The van der Waals surface area contributed by atoms with Gasteiger partial charge in [0.15, 0.2) is 11.6 Å². The van der Waals surface area contributed by atoms with Crippen LogP contribution in [0, 0.1) is 24.5 Å². The van der Waals surface area contributed by atoms with Crippen molar-refractivity contribution in [1.29, 1.82) is 0 Å². The smallest absolute Gasteiger partial charge is 0.200 e. The minimum atomic E-state index is -0.856. The van der Waals surface area contributed by atoms with Crippen LogP contribution in [0.4, 0.5) is 8.78 Å². The minimum Gasteiger partial charge on any atom is -0.490 e. The number of hydrogen-bond acceptors (Lipinski definition) is 1. The highest BCUT2D eigenvalue weighted by atomic mass is 19.2. The van der Waals surface area contributed by atoms with E-state index in [4.69, 9.17) is 4.74 Å². The molecule has 170 valence electrons. The standard InChI is InChI=1S/C28H38F2O/c1-4-6-18-31-26-19-20(3)25(27(29)28(26)30)17-12-22-10-15-24(16-11-22)23-13-8-21(7-5-2)9-14-23/h10-11,15-16,19,21,23H,4-9,12-14,17-18H2,1-3H3. The first-order chi connectivity index (χ1) is 15.0. The molecule has 31 heavy (non-hydrogen) atoms. The molecule has 1 saturated carbocycles. The van der Waals surface area contributed by atoms with Crippen LogP contribution in [0.15, 0.2) is 30.3 Å². The molecule has 1 aliphatic rings. The largest absolute Gasteiger partial charge is 0.490 e. The summed E-state index contributed by atoms with van der Waals surface area (Å²) in [4.78, 5) is 0. The average Bonchev–Trinajstić information content (AvgIpc) is 2.78. The number of hydrogen-bond donors (Lipinski definition) is 0. The Kier molecular flexibility index (Phi) is 8.92. The van der Waals surface area contributed by atoms with E-state index in [0.717, 1.165) is 24.3 Å². The van der Waals surface area contributed by atoms with Crippen LogP contribution in [0.25, 0.3) is 0 Å². The van der Waals surface area contributed by atoms with Crippen molar-refractivity contribution in [3.63, 3.8) is 0 Å². The van der Waals surface area contributed by atoms with Gasteiger partial charge in [0.05, 0.1) is 6.61 Å². The van der Waals surface area contributed by atoms with E-state index in [0.29, 0.717) is 30.9 Å². The van der Waals surface area contributed by atoms with Crippen molar-refractivity contribution in [2.45, 2.75) is 90.9 Å². The molecule has 0 saturated heterocycles. The van der Waals surface area contributed by atoms with Gasteiger partial charge in [-0.2, -0.15) is 4.39 Å². The lowest BCUT2D eigenvalue weighted by molar-refractivity contribution is 0.288. The fraction of sp³-hybridized carbons (Fsp3) is 0.571. The second-order valence-corrected chi connectivity index (χ2v) is 9.25. The molecule has 0 spiro atoms. The van der Waals surface area contributed by atoms with Crippen LogP contribution in [0.5, 0.6) is 5.75 Å². The summed E-state index contributed by atoms with van der Waals surface area (Å²) in [5.74, 6) is 0.0153. The van der Waals surface area contributed by atoms with E-state index in [1.54, 1.807) is 6.07 Å². The van der Waals surface area contributed by atoms with Crippen LogP contribution in [0.3, 0.4) is 0 Å². The van der Waals surface area contributed by atoms with Crippen LogP contribution >= 0.6 is 0 Å². The summed E-state index contributed by atoms with van der Waals surface area (Å²) in [5.41, 5.74) is 3.82. The third-order valence-corrected chi connectivity index (χ3v) is 6.91. The summed E-state index contributed by atoms with van der Waals surface area (Å²) < 4.78 is 34.5. The van der Waals surface area contributed by atoms with Crippen molar-refractivity contribution in [3.8, 4) is 5.75 Å². The summed E-state index contributed by atoms with van der Waals surface area (Å²) in [7, 11) is 0. The van der Waals surface area contributed by atoms with E-state index < -0.39 is 11.6 Å². The van der Waals surface area contributed by atoms with Gasteiger partial charge < -0.3 is 4.74 Å². The summed E-state index contributed by atoms with van der Waals surface area (Å²) in [6.07, 6.45) is 10.9. The van der Waals surface area contributed by atoms with E-state index in [-0.39, 0.29) is 5.75 Å². The Labute approximate surface area is 187 Å². The highest BCUT2D eigenvalue weighted by Gasteiger charge is 2.22. The van der Waals surface area contributed by atoms with Gasteiger partial charge in [0.2, 0.25) is 5.82 Å². The van der Waals surface area contributed by atoms with Crippen molar-refractivity contribution in [2.75, 3.05) is 6.61 Å². The lowest BCUT2D eigenvalue weighted by Gasteiger charge is -2.28. The summed E-state index contributed by atoms with van der Waals surface area (Å²) >= 11 is 0. The molecule has 2 aromatic rings. The molecule has 1 fully saturated rings.